The van der Waals surface area contributed by atoms with Gasteiger partial charge in [0.15, 0.2) is 0 Å². The third kappa shape index (κ3) is 3.75. The molecule has 6 nitrogen and oxygen atoms in total. The molecule has 1 atom stereocenters. The van der Waals surface area contributed by atoms with E-state index in [0.29, 0.717) is 6.04 Å². The van der Waals surface area contributed by atoms with Crippen LogP contribution in [0.5, 0.6) is 0 Å². The molecule has 0 unspecified atom stereocenters. The van der Waals surface area contributed by atoms with Crippen molar-refractivity contribution >= 4 is 11.6 Å². The molecule has 2 aromatic heterocycles. The van der Waals surface area contributed by atoms with E-state index in [-0.39, 0.29) is 5.54 Å². The summed E-state index contributed by atoms with van der Waals surface area (Å²) in [5, 5.41) is 6.86. The van der Waals surface area contributed by atoms with E-state index in [9.17, 15) is 0 Å². The summed E-state index contributed by atoms with van der Waals surface area (Å²) in [5.41, 5.74) is 9.88. The van der Waals surface area contributed by atoms with E-state index in [0.717, 1.165) is 35.0 Å². The number of allylic oxidation sites excluding steroid dienone is 1. The number of rotatable bonds is 5. The maximum atomic E-state index is 6.30. The third-order valence-electron chi connectivity index (χ3n) is 4.68. The first kappa shape index (κ1) is 16.7. The first-order valence-corrected chi connectivity index (χ1v) is 9.00. The fourth-order valence-corrected chi connectivity index (χ4v) is 2.98. The van der Waals surface area contributed by atoms with Gasteiger partial charge in [0.2, 0.25) is 0 Å². The SMILES string of the molecule is CC1=CC[C@@](C)(N)C=C1Nc1ncccc1-c1cc(NC2CC2)ncn1. The molecule has 1 saturated carbocycles. The van der Waals surface area contributed by atoms with Crippen molar-refractivity contribution in [2.45, 2.75) is 44.7 Å². The average molecular weight is 348 g/mol. The molecule has 2 aromatic rings. The van der Waals surface area contributed by atoms with E-state index in [4.69, 9.17) is 5.73 Å². The van der Waals surface area contributed by atoms with Gasteiger partial charge in [0.05, 0.1) is 5.69 Å². The lowest BCUT2D eigenvalue weighted by Gasteiger charge is -2.27. The Balaban J connectivity index is 1.65. The highest BCUT2D eigenvalue weighted by atomic mass is 15.1. The van der Waals surface area contributed by atoms with Crippen molar-refractivity contribution in [3.8, 4) is 11.3 Å². The predicted octanol–water partition coefficient (Wildman–Crippen LogP) is 3.48. The number of pyridine rings is 1. The van der Waals surface area contributed by atoms with Crippen LogP contribution in [-0.2, 0) is 0 Å². The van der Waals surface area contributed by atoms with Crippen molar-refractivity contribution in [1.82, 2.24) is 15.0 Å². The molecule has 134 valence electrons. The summed E-state index contributed by atoms with van der Waals surface area (Å²) in [5.74, 6) is 1.62. The maximum Gasteiger partial charge on any atom is 0.139 e. The first-order chi connectivity index (χ1) is 12.5. The molecular formula is C20H24N6. The summed E-state index contributed by atoms with van der Waals surface area (Å²) in [6.07, 6.45) is 10.8. The van der Waals surface area contributed by atoms with Crippen molar-refractivity contribution in [3.63, 3.8) is 0 Å². The first-order valence-electron chi connectivity index (χ1n) is 9.00. The van der Waals surface area contributed by atoms with Gasteiger partial charge in [-0.15, -0.1) is 0 Å². The second-order valence-electron chi connectivity index (χ2n) is 7.39. The molecule has 1 fully saturated rings. The number of hydrogen-bond donors (Lipinski definition) is 3. The molecule has 0 bridgehead atoms. The van der Waals surface area contributed by atoms with E-state index >= 15 is 0 Å². The van der Waals surface area contributed by atoms with Crippen LogP contribution >= 0.6 is 0 Å². The average Bonchev–Trinajstić information content (AvgIpc) is 3.43. The van der Waals surface area contributed by atoms with Crippen molar-refractivity contribution in [1.29, 1.82) is 0 Å². The van der Waals surface area contributed by atoms with E-state index in [1.807, 2.05) is 25.1 Å². The Morgan fingerprint density at radius 2 is 2.08 bits per heavy atom. The molecule has 0 amide bonds. The van der Waals surface area contributed by atoms with Gasteiger partial charge in [-0.05, 0) is 56.9 Å². The summed E-state index contributed by atoms with van der Waals surface area (Å²) in [6.45, 7) is 4.11. The monoisotopic (exact) mass is 348 g/mol. The highest BCUT2D eigenvalue weighted by molar-refractivity contribution is 5.75. The van der Waals surface area contributed by atoms with Crippen LogP contribution in [0.1, 0.15) is 33.1 Å². The highest BCUT2D eigenvalue weighted by Gasteiger charge is 2.23. The van der Waals surface area contributed by atoms with Crippen molar-refractivity contribution < 1.29 is 0 Å². The summed E-state index contributed by atoms with van der Waals surface area (Å²) < 4.78 is 0. The molecule has 0 spiro atoms. The van der Waals surface area contributed by atoms with E-state index in [1.54, 1.807) is 12.5 Å². The molecule has 26 heavy (non-hydrogen) atoms. The Bertz CT molecular complexity index is 879. The van der Waals surface area contributed by atoms with Crippen molar-refractivity contribution in [2.75, 3.05) is 10.6 Å². The molecule has 2 aliphatic rings. The zero-order chi connectivity index (χ0) is 18.1. The fraction of sp³-hybridized carbons (Fsp3) is 0.350. The molecular weight excluding hydrogens is 324 g/mol. The van der Waals surface area contributed by atoms with E-state index in [1.165, 1.54) is 18.4 Å². The second kappa shape index (κ2) is 6.53. The summed E-state index contributed by atoms with van der Waals surface area (Å²) in [7, 11) is 0. The number of aromatic nitrogens is 3. The van der Waals surface area contributed by atoms with Crippen LogP contribution in [0.25, 0.3) is 11.3 Å². The normalized spacial score (nSPS) is 22.4. The number of hydrogen-bond acceptors (Lipinski definition) is 6. The van der Waals surface area contributed by atoms with Gasteiger partial charge in [0.25, 0.3) is 0 Å². The molecule has 2 aliphatic carbocycles. The van der Waals surface area contributed by atoms with Gasteiger partial charge >= 0.3 is 0 Å². The van der Waals surface area contributed by atoms with Gasteiger partial charge < -0.3 is 16.4 Å². The van der Waals surface area contributed by atoms with Crippen LogP contribution in [0, 0.1) is 0 Å². The minimum absolute atomic E-state index is 0.354. The Labute approximate surface area is 153 Å². The zero-order valence-electron chi connectivity index (χ0n) is 15.2. The van der Waals surface area contributed by atoms with Crippen molar-refractivity contribution in [2.24, 2.45) is 5.73 Å². The van der Waals surface area contributed by atoms with Crippen LogP contribution in [0.2, 0.25) is 0 Å². The second-order valence-corrected chi connectivity index (χ2v) is 7.39. The topological polar surface area (TPSA) is 88.8 Å². The fourth-order valence-electron chi connectivity index (χ4n) is 2.98. The van der Waals surface area contributed by atoms with Gasteiger partial charge in [-0.25, -0.2) is 15.0 Å². The molecule has 4 rings (SSSR count). The van der Waals surface area contributed by atoms with Gasteiger partial charge in [0.1, 0.15) is 18.0 Å². The number of nitrogens with zero attached hydrogens (tertiary/aromatic N) is 3. The van der Waals surface area contributed by atoms with Crippen LogP contribution < -0.4 is 16.4 Å². The Morgan fingerprint density at radius 3 is 2.88 bits per heavy atom. The highest BCUT2D eigenvalue weighted by Crippen LogP contribution is 2.31. The van der Waals surface area contributed by atoms with Gasteiger partial charge in [0, 0.05) is 35.1 Å². The van der Waals surface area contributed by atoms with Gasteiger partial charge in [-0.3, -0.25) is 0 Å². The summed E-state index contributed by atoms with van der Waals surface area (Å²) in [4.78, 5) is 13.3. The molecule has 0 aromatic carbocycles. The maximum absolute atomic E-state index is 6.30. The number of nitrogens with two attached hydrogens (primary N) is 1. The van der Waals surface area contributed by atoms with E-state index < -0.39 is 0 Å². The Morgan fingerprint density at radius 1 is 1.23 bits per heavy atom. The van der Waals surface area contributed by atoms with Gasteiger partial charge in [-0.1, -0.05) is 6.08 Å². The number of nitrogens with one attached hydrogen (secondary N) is 2. The quantitative estimate of drug-likeness (QED) is 0.767. The van der Waals surface area contributed by atoms with Crippen LogP contribution in [0.3, 0.4) is 0 Å². The molecule has 0 radical (unpaired) electrons. The van der Waals surface area contributed by atoms with E-state index in [2.05, 4.69) is 44.7 Å². The molecule has 6 heteroatoms. The smallest absolute Gasteiger partial charge is 0.139 e. The summed E-state index contributed by atoms with van der Waals surface area (Å²) >= 11 is 0. The lowest BCUT2D eigenvalue weighted by molar-refractivity contribution is 0.581. The Kier molecular flexibility index (Phi) is 4.20. The standard InChI is InChI=1S/C20H24N6/c1-13-7-8-20(2,21)11-17(13)26-19-15(4-3-9-22-19)16-10-18(24-12-23-16)25-14-5-6-14/h3-4,7,9-12,14H,5-6,8,21H2,1-2H3,(H,22,26)(H,23,24,25)/t20-/m1/s1. The lowest BCUT2D eigenvalue weighted by Crippen LogP contribution is -2.35. The van der Waals surface area contributed by atoms with Gasteiger partial charge in [-0.2, -0.15) is 0 Å². The minimum Gasteiger partial charge on any atom is -0.367 e. The Hall–Kier alpha value is -2.73. The van der Waals surface area contributed by atoms with Crippen LogP contribution in [-0.4, -0.2) is 26.5 Å². The van der Waals surface area contributed by atoms with Crippen molar-refractivity contribution in [3.05, 3.63) is 54.1 Å². The third-order valence-corrected chi connectivity index (χ3v) is 4.68. The molecule has 4 N–H and O–H groups in total. The predicted molar refractivity (Wildman–Crippen MR) is 105 cm³/mol. The lowest BCUT2D eigenvalue weighted by atomic mass is 9.90. The van der Waals surface area contributed by atoms with Crippen LogP contribution in [0.4, 0.5) is 11.6 Å². The molecule has 2 heterocycles. The number of anilines is 2. The molecule has 0 saturated heterocycles. The zero-order valence-corrected chi connectivity index (χ0v) is 15.2. The van der Waals surface area contributed by atoms with Crippen LogP contribution in [0.15, 0.2) is 54.1 Å². The molecule has 0 aliphatic heterocycles. The largest absolute Gasteiger partial charge is 0.367 e. The summed E-state index contributed by atoms with van der Waals surface area (Å²) in [6, 6.07) is 6.46. The minimum atomic E-state index is -0.354.